The molecule has 5 N–H and O–H groups in total. The molecule has 0 saturated carbocycles. The van der Waals surface area contributed by atoms with Crippen LogP contribution in [0.1, 0.15) is 25.1 Å². The van der Waals surface area contributed by atoms with E-state index in [0.29, 0.717) is 10.8 Å². The van der Waals surface area contributed by atoms with Crippen molar-refractivity contribution in [3.63, 3.8) is 0 Å². The third kappa shape index (κ3) is 2.68. The minimum atomic E-state index is 0.179. The summed E-state index contributed by atoms with van der Waals surface area (Å²) in [5, 5.41) is 10.0. The number of fused-ring (bicyclic) bond motifs is 1. The zero-order chi connectivity index (χ0) is 13.9. The number of aryl methyl sites for hydroxylation is 1. The van der Waals surface area contributed by atoms with Gasteiger partial charge >= 0.3 is 0 Å². The molecule has 20 heavy (non-hydrogen) atoms. The summed E-state index contributed by atoms with van der Waals surface area (Å²) in [6, 6.07) is 1.74. The van der Waals surface area contributed by atoms with Crippen molar-refractivity contribution in [3.8, 4) is 0 Å². The van der Waals surface area contributed by atoms with Gasteiger partial charge in [0.25, 0.3) is 0 Å². The van der Waals surface area contributed by atoms with Crippen molar-refractivity contribution >= 4 is 23.5 Å². The molecule has 3 heterocycles. The average Bonchev–Trinajstić information content (AvgIpc) is 2.67. The summed E-state index contributed by atoms with van der Waals surface area (Å²) in [4.78, 5) is 8.14. The summed E-state index contributed by atoms with van der Waals surface area (Å²) in [6.07, 6.45) is 4.54. The van der Waals surface area contributed by atoms with E-state index in [1.807, 2.05) is 0 Å². The lowest BCUT2D eigenvalue weighted by molar-refractivity contribution is 0.590. The molecule has 2 aromatic heterocycles. The van der Waals surface area contributed by atoms with E-state index in [1.54, 1.807) is 6.07 Å². The highest BCUT2D eigenvalue weighted by molar-refractivity contribution is 7.99. The zero-order valence-corrected chi connectivity index (χ0v) is 11.7. The average molecular weight is 292 g/mol. The third-order valence-electron chi connectivity index (χ3n) is 3.14. The smallest absolute Gasteiger partial charge is 0.223 e. The fourth-order valence-electron chi connectivity index (χ4n) is 2.20. The topological polar surface area (TPSA) is 121 Å². The lowest BCUT2D eigenvalue weighted by Gasteiger charge is -2.07. The van der Waals surface area contributed by atoms with Gasteiger partial charge < -0.3 is 15.7 Å². The van der Waals surface area contributed by atoms with Crippen LogP contribution < -0.4 is 17.0 Å². The summed E-state index contributed by atoms with van der Waals surface area (Å²) in [5.41, 5.74) is 8.13. The van der Waals surface area contributed by atoms with Gasteiger partial charge in [0.2, 0.25) is 5.95 Å². The van der Waals surface area contributed by atoms with E-state index in [-0.39, 0.29) is 5.95 Å². The minimum Gasteiger partial charge on any atom is -0.368 e. The molecule has 0 amide bonds. The van der Waals surface area contributed by atoms with E-state index >= 15 is 0 Å². The number of hydrazine groups is 1. The van der Waals surface area contributed by atoms with Crippen LogP contribution in [0.3, 0.4) is 0 Å². The fraction of sp³-hybridized carbons (Fsp3) is 0.455. The summed E-state index contributed by atoms with van der Waals surface area (Å²) in [5.74, 6) is 7.06. The van der Waals surface area contributed by atoms with Gasteiger partial charge in [0.05, 0.1) is 0 Å². The number of anilines is 2. The van der Waals surface area contributed by atoms with Gasteiger partial charge in [-0.15, -0.1) is 10.2 Å². The Morgan fingerprint density at radius 1 is 1.20 bits per heavy atom. The highest BCUT2D eigenvalue weighted by atomic mass is 32.2. The van der Waals surface area contributed by atoms with Crippen LogP contribution in [-0.4, -0.2) is 24.7 Å². The van der Waals surface area contributed by atoms with E-state index in [4.69, 9.17) is 11.6 Å². The highest BCUT2D eigenvalue weighted by Crippen LogP contribution is 2.28. The van der Waals surface area contributed by atoms with Gasteiger partial charge in [0.1, 0.15) is 16.7 Å². The number of nitrogens with one attached hydrogen (secondary N) is 1. The van der Waals surface area contributed by atoms with Gasteiger partial charge in [-0.05, 0) is 24.6 Å². The molecule has 106 valence electrons. The molecule has 3 rings (SSSR count). The largest absolute Gasteiger partial charge is 0.368 e. The van der Waals surface area contributed by atoms with Gasteiger partial charge in [0.15, 0.2) is 5.16 Å². The number of nitrogen functional groups attached to an aromatic ring is 2. The molecule has 0 spiro atoms. The molecule has 0 unspecified atom stereocenters. The second-order valence-corrected chi connectivity index (χ2v) is 5.54. The first-order valence-electron chi connectivity index (χ1n) is 6.47. The number of hydrogen-bond donors (Lipinski definition) is 3. The van der Waals surface area contributed by atoms with E-state index in [0.717, 1.165) is 30.4 Å². The predicted molar refractivity (Wildman–Crippen MR) is 76.0 cm³/mol. The van der Waals surface area contributed by atoms with E-state index in [1.165, 1.54) is 24.6 Å². The summed E-state index contributed by atoms with van der Waals surface area (Å²) < 4.78 is 2.16. The molecule has 0 aliphatic carbocycles. The molecular weight excluding hydrogens is 276 g/mol. The molecule has 0 radical (unpaired) electrons. The van der Waals surface area contributed by atoms with Crippen LogP contribution in [0.2, 0.25) is 0 Å². The normalized spacial score (nSPS) is 14.7. The first kappa shape index (κ1) is 13.1. The maximum atomic E-state index is 5.65. The Morgan fingerprint density at radius 2 is 2.10 bits per heavy atom. The Balaban J connectivity index is 1.88. The Bertz CT molecular complexity index is 610. The molecule has 1 aliphatic heterocycles. The maximum absolute atomic E-state index is 5.65. The van der Waals surface area contributed by atoms with E-state index in [2.05, 4.69) is 30.2 Å². The fourth-order valence-corrected chi connectivity index (χ4v) is 3.08. The van der Waals surface area contributed by atoms with E-state index < -0.39 is 0 Å². The Labute approximate surface area is 120 Å². The standard InChI is InChI=1S/C11H16N8S/c12-10-14-7(16-13)6-9(15-10)20-11-18-17-8-4-2-1-3-5-19(8)11/h6H,1-5,13H2,(H3,12,14,15,16). The Kier molecular flexibility index (Phi) is 3.70. The molecule has 0 bridgehead atoms. The second kappa shape index (κ2) is 5.63. The van der Waals surface area contributed by atoms with Gasteiger partial charge in [-0.25, -0.2) is 10.8 Å². The summed E-state index contributed by atoms with van der Waals surface area (Å²) in [7, 11) is 0. The number of nitrogens with two attached hydrogens (primary N) is 2. The Hall–Kier alpha value is -1.87. The summed E-state index contributed by atoms with van der Waals surface area (Å²) in [6.45, 7) is 0.952. The highest BCUT2D eigenvalue weighted by Gasteiger charge is 2.16. The Morgan fingerprint density at radius 3 is 2.95 bits per heavy atom. The van der Waals surface area contributed by atoms with Crippen molar-refractivity contribution in [2.24, 2.45) is 5.84 Å². The number of nitrogens with zero attached hydrogens (tertiary/aromatic N) is 5. The van der Waals surface area contributed by atoms with Gasteiger partial charge in [-0.3, -0.25) is 0 Å². The molecule has 0 atom stereocenters. The molecule has 8 nitrogen and oxygen atoms in total. The predicted octanol–water partition coefficient (Wildman–Crippen LogP) is 0.813. The zero-order valence-electron chi connectivity index (χ0n) is 10.9. The van der Waals surface area contributed by atoms with Crippen molar-refractivity contribution in [3.05, 3.63) is 11.9 Å². The van der Waals surface area contributed by atoms with Crippen molar-refractivity contribution in [1.29, 1.82) is 0 Å². The van der Waals surface area contributed by atoms with Crippen LogP contribution in [0.4, 0.5) is 11.8 Å². The first-order valence-corrected chi connectivity index (χ1v) is 7.29. The number of rotatable bonds is 3. The van der Waals surface area contributed by atoms with Crippen LogP contribution in [0.25, 0.3) is 0 Å². The molecule has 0 aromatic carbocycles. The SMILES string of the molecule is NNc1cc(Sc2nnc3n2CCCCC3)nc(N)n1. The monoisotopic (exact) mass is 292 g/mol. The van der Waals surface area contributed by atoms with E-state index in [9.17, 15) is 0 Å². The van der Waals surface area contributed by atoms with Gasteiger partial charge in [0, 0.05) is 19.0 Å². The van der Waals surface area contributed by atoms with Gasteiger partial charge in [-0.1, -0.05) is 6.42 Å². The van der Waals surface area contributed by atoms with Gasteiger partial charge in [-0.2, -0.15) is 4.98 Å². The summed E-state index contributed by atoms with van der Waals surface area (Å²) >= 11 is 1.42. The van der Waals surface area contributed by atoms with Crippen LogP contribution in [0, 0.1) is 0 Å². The first-order chi connectivity index (χ1) is 9.76. The van der Waals surface area contributed by atoms with Crippen LogP contribution in [0.15, 0.2) is 16.2 Å². The van der Waals surface area contributed by atoms with Crippen molar-refractivity contribution in [2.45, 2.75) is 42.4 Å². The number of aromatic nitrogens is 5. The van der Waals surface area contributed by atoms with Crippen LogP contribution in [-0.2, 0) is 13.0 Å². The molecule has 1 aliphatic rings. The molecule has 2 aromatic rings. The lowest BCUT2D eigenvalue weighted by Crippen LogP contribution is -2.10. The third-order valence-corrected chi connectivity index (χ3v) is 4.04. The maximum Gasteiger partial charge on any atom is 0.223 e. The van der Waals surface area contributed by atoms with Crippen LogP contribution in [0.5, 0.6) is 0 Å². The molecule has 0 fully saturated rings. The molecule has 9 heteroatoms. The molecular formula is C11H16N8S. The second-order valence-electron chi connectivity index (χ2n) is 4.56. The molecule has 0 saturated heterocycles. The van der Waals surface area contributed by atoms with Crippen LogP contribution >= 0.6 is 11.8 Å². The van der Waals surface area contributed by atoms with Crippen molar-refractivity contribution in [1.82, 2.24) is 24.7 Å². The lowest BCUT2D eigenvalue weighted by atomic mass is 10.2. The number of hydrogen-bond acceptors (Lipinski definition) is 8. The quantitative estimate of drug-likeness (QED) is 0.432. The van der Waals surface area contributed by atoms with Crippen molar-refractivity contribution in [2.75, 3.05) is 11.2 Å². The minimum absolute atomic E-state index is 0.179. The van der Waals surface area contributed by atoms with Crippen molar-refractivity contribution < 1.29 is 0 Å².